The zero-order valence-electron chi connectivity index (χ0n) is 19.3. The predicted molar refractivity (Wildman–Crippen MR) is 132 cm³/mol. The fraction of sp³-hybridized carbons (Fsp3) is 0.321. The van der Waals surface area contributed by atoms with Gasteiger partial charge < -0.3 is 14.5 Å². The van der Waals surface area contributed by atoms with Crippen molar-refractivity contribution in [1.29, 1.82) is 0 Å². The van der Waals surface area contributed by atoms with E-state index >= 15 is 0 Å². The number of para-hydroxylation sites is 5. The van der Waals surface area contributed by atoms with Crippen LogP contribution in [0.15, 0.2) is 78.9 Å². The van der Waals surface area contributed by atoms with Crippen LogP contribution in [0.1, 0.15) is 40.0 Å². The first-order valence-corrected chi connectivity index (χ1v) is 11.5. The Labute approximate surface area is 191 Å². The first-order valence-electron chi connectivity index (χ1n) is 11.5. The number of carbonyl (C=O) groups excluding carboxylic acids is 1. The Hall–Kier alpha value is -3.27. The molecule has 166 valence electrons. The predicted octanol–water partition coefficient (Wildman–Crippen LogP) is 7.37. The third-order valence-electron chi connectivity index (χ3n) is 6.29. The second-order valence-electron chi connectivity index (χ2n) is 8.88. The molecule has 0 fully saturated rings. The minimum absolute atomic E-state index is 0.104. The lowest BCUT2D eigenvalue weighted by molar-refractivity contribution is -0.154. The lowest BCUT2D eigenvalue weighted by Gasteiger charge is -2.40. The third-order valence-corrected chi connectivity index (χ3v) is 6.29. The van der Waals surface area contributed by atoms with Crippen molar-refractivity contribution < 1.29 is 9.53 Å². The SMILES string of the molecule is CCC(C)(C)C(=O)OCCCCN1c2ccccc2N(c2ccccc2)c2ccccc21. The largest absolute Gasteiger partial charge is 0.465 e. The molecule has 4 heteroatoms. The van der Waals surface area contributed by atoms with Crippen molar-refractivity contribution >= 4 is 34.4 Å². The van der Waals surface area contributed by atoms with Gasteiger partial charge in [-0.25, -0.2) is 0 Å². The van der Waals surface area contributed by atoms with E-state index in [2.05, 4.69) is 82.6 Å². The normalized spacial score (nSPS) is 12.8. The maximum absolute atomic E-state index is 12.2. The molecule has 0 atom stereocenters. The highest BCUT2D eigenvalue weighted by atomic mass is 16.5. The summed E-state index contributed by atoms with van der Waals surface area (Å²) < 4.78 is 5.54. The molecule has 0 N–H and O–H groups in total. The maximum Gasteiger partial charge on any atom is 0.311 e. The molecule has 4 nitrogen and oxygen atoms in total. The van der Waals surface area contributed by atoms with Crippen molar-refractivity contribution in [2.75, 3.05) is 23.0 Å². The molecule has 0 saturated carbocycles. The summed E-state index contributed by atoms with van der Waals surface area (Å²) in [5.74, 6) is -0.104. The van der Waals surface area contributed by atoms with Gasteiger partial charge in [0.05, 0.1) is 34.8 Å². The Morgan fingerprint density at radius 1 is 0.781 bits per heavy atom. The fourth-order valence-electron chi connectivity index (χ4n) is 4.00. The number of hydrogen-bond donors (Lipinski definition) is 0. The zero-order chi connectivity index (χ0) is 22.6. The highest BCUT2D eigenvalue weighted by Gasteiger charge is 2.29. The van der Waals surface area contributed by atoms with Gasteiger partial charge in [0, 0.05) is 12.2 Å². The summed E-state index contributed by atoms with van der Waals surface area (Å²) in [6.07, 6.45) is 2.56. The summed E-state index contributed by atoms with van der Waals surface area (Å²) in [5, 5.41) is 0. The molecule has 0 unspecified atom stereocenters. The molecule has 1 aliphatic heterocycles. The van der Waals surface area contributed by atoms with Crippen molar-refractivity contribution in [3.8, 4) is 0 Å². The molecule has 32 heavy (non-hydrogen) atoms. The number of hydrogen-bond acceptors (Lipinski definition) is 4. The molecule has 0 amide bonds. The number of unbranched alkanes of at least 4 members (excludes halogenated alkanes) is 1. The topological polar surface area (TPSA) is 32.8 Å². The van der Waals surface area contributed by atoms with Crippen molar-refractivity contribution in [3.05, 3.63) is 78.9 Å². The van der Waals surface area contributed by atoms with Gasteiger partial charge in [0.15, 0.2) is 0 Å². The standard InChI is InChI=1S/C28H32N2O2/c1-4-28(2,3)27(31)32-21-13-12-20-29-23-16-8-10-18-25(23)30(22-14-6-5-7-15-22)26-19-11-9-17-24(26)29/h5-11,14-19H,4,12-13,20-21H2,1-3H3. The molecule has 0 radical (unpaired) electrons. The summed E-state index contributed by atoms with van der Waals surface area (Å²) in [4.78, 5) is 16.9. The van der Waals surface area contributed by atoms with Gasteiger partial charge in [-0.05, 0) is 69.5 Å². The summed E-state index contributed by atoms with van der Waals surface area (Å²) >= 11 is 0. The van der Waals surface area contributed by atoms with Crippen LogP contribution in [0, 0.1) is 5.41 Å². The average molecular weight is 429 g/mol. The van der Waals surface area contributed by atoms with Gasteiger partial charge in [-0.2, -0.15) is 0 Å². The van der Waals surface area contributed by atoms with E-state index in [1.54, 1.807) is 0 Å². The number of carbonyl (C=O) groups is 1. The Balaban J connectivity index is 1.53. The Morgan fingerprint density at radius 2 is 1.31 bits per heavy atom. The average Bonchev–Trinajstić information content (AvgIpc) is 2.83. The van der Waals surface area contributed by atoms with Gasteiger partial charge >= 0.3 is 5.97 Å². The molecule has 3 aromatic rings. The van der Waals surface area contributed by atoms with Gasteiger partial charge in [-0.15, -0.1) is 0 Å². The molecule has 0 bridgehead atoms. The van der Waals surface area contributed by atoms with Gasteiger partial charge in [0.25, 0.3) is 0 Å². The Morgan fingerprint density at radius 3 is 1.88 bits per heavy atom. The molecule has 1 heterocycles. The summed E-state index contributed by atoms with van der Waals surface area (Å²) in [5.41, 5.74) is 5.48. The van der Waals surface area contributed by atoms with Crippen molar-refractivity contribution in [2.24, 2.45) is 5.41 Å². The van der Waals surface area contributed by atoms with Gasteiger partial charge in [0.2, 0.25) is 0 Å². The molecular weight excluding hydrogens is 396 g/mol. The van der Waals surface area contributed by atoms with Gasteiger partial charge in [-0.3, -0.25) is 4.79 Å². The summed E-state index contributed by atoms with van der Waals surface area (Å²) in [7, 11) is 0. The van der Waals surface area contributed by atoms with Gasteiger partial charge in [-0.1, -0.05) is 49.4 Å². The van der Waals surface area contributed by atoms with E-state index in [4.69, 9.17) is 4.74 Å². The van der Waals surface area contributed by atoms with Crippen LogP contribution >= 0.6 is 0 Å². The second-order valence-corrected chi connectivity index (χ2v) is 8.88. The number of rotatable bonds is 8. The summed E-state index contributed by atoms with van der Waals surface area (Å²) in [6, 6.07) is 27.6. The number of nitrogens with zero attached hydrogens (tertiary/aromatic N) is 2. The van der Waals surface area contributed by atoms with Crippen LogP contribution in [0.2, 0.25) is 0 Å². The number of fused-ring (bicyclic) bond motifs is 2. The van der Waals surface area contributed by atoms with Crippen LogP contribution in [0.25, 0.3) is 0 Å². The van der Waals surface area contributed by atoms with Crippen LogP contribution in [-0.4, -0.2) is 19.1 Å². The molecule has 4 rings (SSSR count). The zero-order valence-corrected chi connectivity index (χ0v) is 19.3. The molecule has 0 saturated heterocycles. The van der Waals surface area contributed by atoms with E-state index in [-0.39, 0.29) is 5.97 Å². The monoisotopic (exact) mass is 428 g/mol. The molecule has 0 aliphatic carbocycles. The smallest absolute Gasteiger partial charge is 0.311 e. The van der Waals surface area contributed by atoms with E-state index in [0.29, 0.717) is 6.61 Å². The number of ether oxygens (including phenoxy) is 1. The molecule has 3 aromatic carbocycles. The van der Waals surface area contributed by atoms with Crippen molar-refractivity contribution in [3.63, 3.8) is 0 Å². The Kier molecular flexibility index (Phi) is 6.50. The lowest BCUT2D eigenvalue weighted by Crippen LogP contribution is -2.28. The van der Waals surface area contributed by atoms with Crippen LogP contribution < -0.4 is 9.80 Å². The van der Waals surface area contributed by atoms with Crippen LogP contribution in [0.3, 0.4) is 0 Å². The van der Waals surface area contributed by atoms with Crippen molar-refractivity contribution in [1.82, 2.24) is 0 Å². The minimum Gasteiger partial charge on any atom is -0.465 e. The number of esters is 1. The maximum atomic E-state index is 12.2. The van der Waals surface area contributed by atoms with Crippen molar-refractivity contribution in [2.45, 2.75) is 40.0 Å². The third kappa shape index (κ3) is 4.36. The minimum atomic E-state index is -0.411. The first-order chi connectivity index (χ1) is 15.5. The van der Waals surface area contributed by atoms with E-state index in [1.807, 2.05) is 26.8 Å². The van der Waals surface area contributed by atoms with Crippen LogP contribution in [0.5, 0.6) is 0 Å². The number of benzene rings is 3. The fourth-order valence-corrected chi connectivity index (χ4v) is 4.00. The van der Waals surface area contributed by atoms with Crippen LogP contribution in [0.4, 0.5) is 28.4 Å². The van der Waals surface area contributed by atoms with E-state index in [1.165, 1.54) is 22.7 Å². The second kappa shape index (κ2) is 9.47. The van der Waals surface area contributed by atoms with Crippen LogP contribution in [-0.2, 0) is 9.53 Å². The van der Waals surface area contributed by atoms with E-state index in [9.17, 15) is 4.79 Å². The quantitative estimate of drug-likeness (QED) is 0.277. The molecular formula is C28H32N2O2. The number of anilines is 5. The highest BCUT2D eigenvalue weighted by molar-refractivity contribution is 5.97. The van der Waals surface area contributed by atoms with E-state index in [0.717, 1.165) is 31.5 Å². The molecule has 0 aromatic heterocycles. The molecule has 1 aliphatic rings. The first kappa shape index (κ1) is 21.9. The highest BCUT2D eigenvalue weighted by Crippen LogP contribution is 2.50. The summed E-state index contributed by atoms with van der Waals surface area (Å²) in [6.45, 7) is 7.23. The Bertz CT molecular complexity index is 1010. The molecule has 0 spiro atoms. The van der Waals surface area contributed by atoms with E-state index < -0.39 is 5.41 Å². The lowest BCUT2D eigenvalue weighted by atomic mass is 9.91. The van der Waals surface area contributed by atoms with Gasteiger partial charge in [0.1, 0.15) is 0 Å².